The largest absolute Gasteiger partial charge is 0.497 e. The molecule has 8 nitrogen and oxygen atoms in total. The molecular formula is C22H21FN4O4. The molecule has 4 N–H and O–H groups in total. The molecule has 0 saturated carbocycles. The van der Waals surface area contributed by atoms with Crippen LogP contribution >= 0.6 is 0 Å². The van der Waals surface area contributed by atoms with Crippen LogP contribution in [0.2, 0.25) is 0 Å². The molecule has 0 radical (unpaired) electrons. The second-order valence-electron chi connectivity index (χ2n) is 6.28. The summed E-state index contributed by atoms with van der Waals surface area (Å²) in [6, 6.07) is 16.3. The quantitative estimate of drug-likeness (QED) is 0.441. The van der Waals surface area contributed by atoms with E-state index >= 15 is 0 Å². The molecule has 0 bridgehead atoms. The van der Waals surface area contributed by atoms with E-state index < -0.39 is 17.9 Å². The van der Waals surface area contributed by atoms with Crippen LogP contribution in [0.15, 0.2) is 66.7 Å². The molecule has 0 atom stereocenters. The Labute approximate surface area is 178 Å². The van der Waals surface area contributed by atoms with E-state index in [4.69, 9.17) is 9.47 Å². The summed E-state index contributed by atoms with van der Waals surface area (Å²) >= 11 is 0. The van der Waals surface area contributed by atoms with Crippen molar-refractivity contribution in [2.24, 2.45) is 0 Å². The molecule has 0 heterocycles. The molecule has 0 unspecified atom stereocenters. The van der Waals surface area contributed by atoms with Crippen molar-refractivity contribution in [3.8, 4) is 11.5 Å². The molecule has 3 rings (SSSR count). The smallest absolute Gasteiger partial charge is 0.323 e. The summed E-state index contributed by atoms with van der Waals surface area (Å²) in [5, 5.41) is 10.0. The third-order valence-electron chi connectivity index (χ3n) is 4.19. The summed E-state index contributed by atoms with van der Waals surface area (Å²) in [4.78, 5) is 24.4. The van der Waals surface area contributed by atoms with Crippen LogP contribution in [0.1, 0.15) is 0 Å². The average molecular weight is 424 g/mol. The van der Waals surface area contributed by atoms with Gasteiger partial charge in [0.2, 0.25) is 0 Å². The van der Waals surface area contributed by atoms with Gasteiger partial charge in [-0.15, -0.1) is 0 Å². The zero-order valence-corrected chi connectivity index (χ0v) is 16.9. The number of carbonyl (C=O) groups is 2. The fourth-order valence-corrected chi connectivity index (χ4v) is 2.64. The minimum atomic E-state index is -0.780. The predicted molar refractivity (Wildman–Crippen MR) is 118 cm³/mol. The van der Waals surface area contributed by atoms with Crippen LogP contribution in [0.25, 0.3) is 0 Å². The van der Waals surface area contributed by atoms with Crippen molar-refractivity contribution >= 4 is 34.8 Å². The second-order valence-corrected chi connectivity index (χ2v) is 6.28. The van der Waals surface area contributed by atoms with E-state index in [0.29, 0.717) is 22.9 Å². The van der Waals surface area contributed by atoms with Crippen LogP contribution in [0, 0.1) is 5.82 Å². The van der Waals surface area contributed by atoms with Gasteiger partial charge >= 0.3 is 12.1 Å². The lowest BCUT2D eigenvalue weighted by Crippen LogP contribution is -2.22. The third kappa shape index (κ3) is 5.86. The number of benzene rings is 3. The van der Waals surface area contributed by atoms with Crippen molar-refractivity contribution in [1.29, 1.82) is 0 Å². The number of carbonyl (C=O) groups excluding carboxylic acids is 2. The highest BCUT2D eigenvalue weighted by Crippen LogP contribution is 2.23. The first kappa shape index (κ1) is 21.4. The Bertz CT molecular complexity index is 974. The Balaban J connectivity index is 1.61. The lowest BCUT2D eigenvalue weighted by atomic mass is 10.2. The Morgan fingerprint density at radius 2 is 1.03 bits per heavy atom. The number of hydrogen-bond donors (Lipinski definition) is 4. The highest BCUT2D eigenvalue weighted by atomic mass is 19.1. The summed E-state index contributed by atoms with van der Waals surface area (Å²) in [5.41, 5.74) is 0.834. The molecule has 3 aromatic rings. The Morgan fingerprint density at radius 3 is 1.39 bits per heavy atom. The molecule has 0 spiro atoms. The number of ether oxygens (including phenoxy) is 2. The van der Waals surface area contributed by atoms with Crippen molar-refractivity contribution in [2.75, 3.05) is 35.5 Å². The molecule has 0 saturated heterocycles. The van der Waals surface area contributed by atoms with Gasteiger partial charge in [0.1, 0.15) is 11.5 Å². The summed E-state index contributed by atoms with van der Waals surface area (Å²) < 4.78 is 24.9. The Morgan fingerprint density at radius 1 is 0.645 bits per heavy atom. The van der Waals surface area contributed by atoms with Crippen LogP contribution in [0.5, 0.6) is 11.5 Å². The van der Waals surface area contributed by atoms with Crippen molar-refractivity contribution in [1.82, 2.24) is 0 Å². The monoisotopic (exact) mass is 424 g/mol. The lowest BCUT2D eigenvalue weighted by Gasteiger charge is -2.12. The van der Waals surface area contributed by atoms with Gasteiger partial charge in [0.05, 0.1) is 25.6 Å². The summed E-state index contributed by atoms with van der Waals surface area (Å²) in [6.45, 7) is 0. The normalized spacial score (nSPS) is 10.0. The summed E-state index contributed by atoms with van der Waals surface area (Å²) in [6.07, 6.45) is 0. The van der Waals surface area contributed by atoms with Crippen LogP contribution in [-0.4, -0.2) is 26.3 Å². The van der Waals surface area contributed by atoms with E-state index in [0.717, 1.165) is 0 Å². The van der Waals surface area contributed by atoms with E-state index in [1.165, 1.54) is 32.4 Å². The molecule has 0 fully saturated rings. The van der Waals surface area contributed by atoms with Crippen LogP contribution in [0.4, 0.5) is 36.7 Å². The number of halogens is 1. The lowest BCUT2D eigenvalue weighted by molar-refractivity contribution is 0.261. The van der Waals surface area contributed by atoms with Crippen molar-refractivity contribution in [3.63, 3.8) is 0 Å². The standard InChI is InChI=1S/C22H21FN4O4/c1-30-16-10-6-14(7-11-16)24-21(28)26-18-4-3-5-19(20(18)23)27-22(29)25-15-8-12-17(31-2)13-9-15/h3-13H,1-2H3,(H2,24,26,28)(H2,25,27,29). The zero-order chi connectivity index (χ0) is 22.2. The van der Waals surface area contributed by atoms with Gasteiger partial charge in [-0.2, -0.15) is 0 Å². The van der Waals surface area contributed by atoms with Gasteiger partial charge in [-0.1, -0.05) is 6.07 Å². The number of anilines is 4. The van der Waals surface area contributed by atoms with Gasteiger partial charge in [0, 0.05) is 11.4 Å². The van der Waals surface area contributed by atoms with Crippen molar-refractivity contribution < 1.29 is 23.5 Å². The van der Waals surface area contributed by atoms with E-state index in [2.05, 4.69) is 21.3 Å². The van der Waals surface area contributed by atoms with Crippen molar-refractivity contribution in [2.45, 2.75) is 0 Å². The minimum Gasteiger partial charge on any atom is -0.497 e. The fraction of sp³-hybridized carbons (Fsp3) is 0.0909. The van der Waals surface area contributed by atoms with Crippen LogP contribution < -0.4 is 30.7 Å². The molecular weight excluding hydrogens is 403 g/mol. The van der Waals surface area contributed by atoms with Gasteiger partial charge < -0.3 is 30.7 Å². The maximum atomic E-state index is 14.8. The fourth-order valence-electron chi connectivity index (χ4n) is 2.64. The highest BCUT2D eigenvalue weighted by Gasteiger charge is 2.13. The third-order valence-corrected chi connectivity index (χ3v) is 4.19. The van der Waals surface area contributed by atoms with E-state index in [1.807, 2.05) is 0 Å². The van der Waals surface area contributed by atoms with Gasteiger partial charge in [0.15, 0.2) is 5.82 Å². The van der Waals surface area contributed by atoms with E-state index in [1.54, 1.807) is 48.5 Å². The van der Waals surface area contributed by atoms with Gasteiger partial charge in [0.25, 0.3) is 0 Å². The minimum absolute atomic E-state index is 0.0896. The molecule has 4 amide bonds. The first-order valence-electron chi connectivity index (χ1n) is 9.21. The summed E-state index contributed by atoms with van der Waals surface area (Å²) in [5.74, 6) is 0.504. The van der Waals surface area contributed by atoms with Crippen LogP contribution in [0.3, 0.4) is 0 Å². The summed E-state index contributed by atoms with van der Waals surface area (Å²) in [7, 11) is 3.08. The zero-order valence-electron chi connectivity index (χ0n) is 16.9. The molecule has 0 aliphatic heterocycles. The number of rotatable bonds is 6. The molecule has 9 heteroatoms. The maximum absolute atomic E-state index is 14.8. The number of nitrogens with one attached hydrogen (secondary N) is 4. The predicted octanol–water partition coefficient (Wildman–Crippen LogP) is 5.13. The topological polar surface area (TPSA) is 101 Å². The first-order valence-corrected chi connectivity index (χ1v) is 9.21. The van der Waals surface area contributed by atoms with Gasteiger partial charge in [-0.25, -0.2) is 14.0 Å². The maximum Gasteiger partial charge on any atom is 0.323 e. The van der Waals surface area contributed by atoms with E-state index in [9.17, 15) is 14.0 Å². The Hall–Kier alpha value is -4.27. The SMILES string of the molecule is COc1ccc(NC(=O)Nc2cccc(NC(=O)Nc3ccc(OC)cc3)c2F)cc1. The average Bonchev–Trinajstić information content (AvgIpc) is 2.77. The first-order chi connectivity index (χ1) is 15.0. The van der Waals surface area contributed by atoms with E-state index in [-0.39, 0.29) is 11.4 Å². The molecule has 0 aliphatic carbocycles. The molecule has 0 aromatic heterocycles. The second kappa shape index (κ2) is 9.97. The van der Waals surface area contributed by atoms with Crippen LogP contribution in [-0.2, 0) is 0 Å². The molecule has 0 aliphatic rings. The number of methoxy groups -OCH3 is 2. The number of hydrogen-bond acceptors (Lipinski definition) is 4. The number of urea groups is 2. The Kier molecular flexibility index (Phi) is 6.89. The van der Waals surface area contributed by atoms with Crippen molar-refractivity contribution in [3.05, 3.63) is 72.5 Å². The number of amides is 4. The molecule has 3 aromatic carbocycles. The molecule has 160 valence electrons. The van der Waals surface area contributed by atoms with Gasteiger partial charge in [-0.05, 0) is 60.7 Å². The van der Waals surface area contributed by atoms with Gasteiger partial charge in [-0.3, -0.25) is 0 Å². The molecule has 31 heavy (non-hydrogen) atoms. The highest BCUT2D eigenvalue weighted by molar-refractivity contribution is 6.02.